The van der Waals surface area contributed by atoms with Gasteiger partial charge in [0, 0.05) is 24.7 Å². The molecule has 1 unspecified atom stereocenters. The Labute approximate surface area is 102 Å². The first kappa shape index (κ1) is 12.0. The zero-order valence-corrected chi connectivity index (χ0v) is 11.2. The predicted molar refractivity (Wildman–Crippen MR) is 68.7 cm³/mol. The van der Waals surface area contributed by atoms with Gasteiger partial charge in [-0.25, -0.2) is 4.98 Å². The molecular weight excluding hydrogens is 218 g/mol. The normalized spacial score (nSPS) is 26.2. The van der Waals surface area contributed by atoms with Crippen LogP contribution in [0.5, 0.6) is 0 Å². The summed E-state index contributed by atoms with van der Waals surface area (Å²) in [5.74, 6) is 0. The standard InChI is InChI=1S/C12H21N3S/c1-11(2,10-14-6-7-16-10)15-9-12(3)4-5-13-8-12/h6-7,13,15H,4-5,8-9H2,1-3H3. The third-order valence-electron chi connectivity index (χ3n) is 3.38. The summed E-state index contributed by atoms with van der Waals surface area (Å²) in [7, 11) is 0. The zero-order valence-electron chi connectivity index (χ0n) is 10.3. The highest BCUT2D eigenvalue weighted by molar-refractivity contribution is 7.09. The Kier molecular flexibility index (Phi) is 3.33. The molecule has 1 aliphatic heterocycles. The fourth-order valence-corrected chi connectivity index (χ4v) is 2.80. The van der Waals surface area contributed by atoms with Crippen molar-refractivity contribution >= 4 is 11.3 Å². The molecule has 1 saturated heterocycles. The molecule has 2 heterocycles. The third kappa shape index (κ3) is 2.62. The van der Waals surface area contributed by atoms with E-state index in [0.717, 1.165) is 19.6 Å². The van der Waals surface area contributed by atoms with Gasteiger partial charge in [0.05, 0.1) is 5.54 Å². The van der Waals surface area contributed by atoms with Gasteiger partial charge < -0.3 is 10.6 Å². The van der Waals surface area contributed by atoms with E-state index in [-0.39, 0.29) is 5.54 Å². The Morgan fingerprint density at radius 1 is 1.62 bits per heavy atom. The first-order chi connectivity index (χ1) is 7.52. The Bertz CT molecular complexity index is 326. The average Bonchev–Trinajstić information content (AvgIpc) is 2.86. The lowest BCUT2D eigenvalue weighted by molar-refractivity contribution is 0.280. The molecule has 1 atom stereocenters. The van der Waals surface area contributed by atoms with Crippen molar-refractivity contribution in [2.75, 3.05) is 19.6 Å². The van der Waals surface area contributed by atoms with Gasteiger partial charge in [0.25, 0.3) is 0 Å². The molecule has 1 aromatic heterocycles. The minimum absolute atomic E-state index is 0.0141. The molecule has 0 radical (unpaired) electrons. The highest BCUT2D eigenvalue weighted by Crippen LogP contribution is 2.27. The monoisotopic (exact) mass is 239 g/mol. The fourth-order valence-electron chi connectivity index (χ4n) is 2.06. The van der Waals surface area contributed by atoms with Crippen molar-refractivity contribution in [3.8, 4) is 0 Å². The second kappa shape index (κ2) is 4.43. The SMILES string of the molecule is CC1(CNC(C)(C)c2nccs2)CCNC1. The van der Waals surface area contributed by atoms with Crippen LogP contribution in [-0.2, 0) is 5.54 Å². The molecule has 90 valence electrons. The topological polar surface area (TPSA) is 37.0 Å². The molecule has 0 aromatic carbocycles. The molecule has 1 aromatic rings. The lowest BCUT2D eigenvalue weighted by Gasteiger charge is -2.30. The van der Waals surface area contributed by atoms with E-state index in [0.29, 0.717) is 5.41 Å². The van der Waals surface area contributed by atoms with Crippen LogP contribution in [0, 0.1) is 5.41 Å². The summed E-state index contributed by atoms with van der Waals surface area (Å²) >= 11 is 1.72. The van der Waals surface area contributed by atoms with Gasteiger partial charge in [0.1, 0.15) is 5.01 Å². The van der Waals surface area contributed by atoms with E-state index < -0.39 is 0 Å². The molecule has 2 N–H and O–H groups in total. The summed E-state index contributed by atoms with van der Waals surface area (Å²) in [6.45, 7) is 10.1. The Hall–Kier alpha value is -0.450. The molecule has 0 saturated carbocycles. The van der Waals surface area contributed by atoms with Gasteiger partial charge in [-0.1, -0.05) is 6.92 Å². The molecule has 0 aliphatic carbocycles. The van der Waals surface area contributed by atoms with Gasteiger partial charge in [-0.15, -0.1) is 11.3 Å². The van der Waals surface area contributed by atoms with Gasteiger partial charge in [-0.2, -0.15) is 0 Å². The van der Waals surface area contributed by atoms with Crippen molar-refractivity contribution in [3.63, 3.8) is 0 Å². The number of aromatic nitrogens is 1. The number of hydrogen-bond acceptors (Lipinski definition) is 4. The summed E-state index contributed by atoms with van der Waals surface area (Å²) in [6.07, 6.45) is 3.14. The maximum absolute atomic E-state index is 4.40. The molecule has 16 heavy (non-hydrogen) atoms. The minimum Gasteiger partial charge on any atom is -0.316 e. The summed E-state index contributed by atoms with van der Waals surface area (Å²) in [5, 5.41) is 10.3. The Morgan fingerprint density at radius 2 is 2.44 bits per heavy atom. The van der Waals surface area contributed by atoms with Crippen molar-refractivity contribution in [2.24, 2.45) is 5.41 Å². The predicted octanol–water partition coefficient (Wildman–Crippen LogP) is 1.97. The fraction of sp³-hybridized carbons (Fsp3) is 0.750. The maximum atomic E-state index is 4.40. The molecule has 0 bridgehead atoms. The second-order valence-corrected chi connectivity index (χ2v) is 6.45. The van der Waals surface area contributed by atoms with Crippen LogP contribution in [0.3, 0.4) is 0 Å². The van der Waals surface area contributed by atoms with Crippen LogP contribution in [0.2, 0.25) is 0 Å². The van der Waals surface area contributed by atoms with Gasteiger partial charge in [-0.05, 0) is 32.2 Å². The van der Waals surface area contributed by atoms with Crippen LogP contribution in [0.25, 0.3) is 0 Å². The van der Waals surface area contributed by atoms with E-state index in [4.69, 9.17) is 0 Å². The molecule has 0 amide bonds. The van der Waals surface area contributed by atoms with Crippen LogP contribution in [0.15, 0.2) is 11.6 Å². The van der Waals surface area contributed by atoms with E-state index in [9.17, 15) is 0 Å². The van der Waals surface area contributed by atoms with Crippen LogP contribution in [0.1, 0.15) is 32.2 Å². The maximum Gasteiger partial charge on any atom is 0.112 e. The molecular formula is C12H21N3S. The quantitative estimate of drug-likeness (QED) is 0.843. The van der Waals surface area contributed by atoms with E-state index in [1.165, 1.54) is 11.4 Å². The number of nitrogens with zero attached hydrogens (tertiary/aromatic N) is 1. The van der Waals surface area contributed by atoms with Gasteiger partial charge in [-0.3, -0.25) is 0 Å². The van der Waals surface area contributed by atoms with Crippen molar-refractivity contribution in [3.05, 3.63) is 16.6 Å². The first-order valence-electron chi connectivity index (χ1n) is 5.88. The summed E-state index contributed by atoms with van der Waals surface area (Å²) in [5.41, 5.74) is 0.383. The molecule has 0 spiro atoms. The number of thiazole rings is 1. The Morgan fingerprint density at radius 3 is 3.00 bits per heavy atom. The van der Waals surface area contributed by atoms with E-state index in [1.54, 1.807) is 11.3 Å². The van der Waals surface area contributed by atoms with Crippen molar-refractivity contribution < 1.29 is 0 Å². The van der Waals surface area contributed by atoms with Gasteiger partial charge in [0.2, 0.25) is 0 Å². The molecule has 2 rings (SSSR count). The summed E-state index contributed by atoms with van der Waals surface area (Å²) in [6, 6.07) is 0. The smallest absolute Gasteiger partial charge is 0.112 e. The minimum atomic E-state index is -0.0141. The van der Waals surface area contributed by atoms with Gasteiger partial charge >= 0.3 is 0 Å². The first-order valence-corrected chi connectivity index (χ1v) is 6.76. The van der Waals surface area contributed by atoms with Crippen LogP contribution < -0.4 is 10.6 Å². The van der Waals surface area contributed by atoms with Crippen molar-refractivity contribution in [1.82, 2.24) is 15.6 Å². The number of rotatable bonds is 4. The van der Waals surface area contributed by atoms with E-state index >= 15 is 0 Å². The number of hydrogen-bond donors (Lipinski definition) is 2. The van der Waals surface area contributed by atoms with E-state index in [2.05, 4.69) is 36.4 Å². The second-order valence-electron chi connectivity index (χ2n) is 5.55. The van der Waals surface area contributed by atoms with Crippen molar-refractivity contribution in [1.29, 1.82) is 0 Å². The lowest BCUT2D eigenvalue weighted by atomic mass is 9.88. The third-order valence-corrected chi connectivity index (χ3v) is 4.48. The highest BCUT2D eigenvalue weighted by atomic mass is 32.1. The van der Waals surface area contributed by atoms with Crippen LogP contribution in [-0.4, -0.2) is 24.6 Å². The highest BCUT2D eigenvalue weighted by Gasteiger charge is 2.31. The van der Waals surface area contributed by atoms with Gasteiger partial charge in [0.15, 0.2) is 0 Å². The molecule has 1 aliphatic rings. The van der Waals surface area contributed by atoms with Crippen LogP contribution in [0.4, 0.5) is 0 Å². The van der Waals surface area contributed by atoms with Crippen molar-refractivity contribution in [2.45, 2.75) is 32.7 Å². The molecule has 3 nitrogen and oxygen atoms in total. The van der Waals surface area contributed by atoms with E-state index in [1.807, 2.05) is 11.6 Å². The molecule has 1 fully saturated rings. The lowest BCUT2D eigenvalue weighted by Crippen LogP contribution is -2.43. The summed E-state index contributed by atoms with van der Waals surface area (Å²) in [4.78, 5) is 4.40. The largest absolute Gasteiger partial charge is 0.316 e. The van der Waals surface area contributed by atoms with Crippen LogP contribution >= 0.6 is 11.3 Å². The molecule has 4 heteroatoms. The zero-order chi connectivity index (χ0) is 11.6. The summed E-state index contributed by atoms with van der Waals surface area (Å²) < 4.78 is 0. The number of nitrogens with one attached hydrogen (secondary N) is 2. The average molecular weight is 239 g/mol. The Balaban J connectivity index is 1.94.